The number of carboxylic acids is 1. The van der Waals surface area contributed by atoms with Crippen molar-refractivity contribution >= 4 is 17.9 Å². The van der Waals surface area contributed by atoms with E-state index >= 15 is 0 Å². The van der Waals surface area contributed by atoms with Crippen molar-refractivity contribution in [2.45, 2.75) is 69.7 Å². The Hall–Kier alpha value is -1.83. The van der Waals surface area contributed by atoms with Crippen LogP contribution in [0.25, 0.3) is 0 Å². The number of likely N-dealkylation sites (tertiary alicyclic amines) is 1. The van der Waals surface area contributed by atoms with Gasteiger partial charge in [-0.15, -0.1) is 0 Å². The fraction of sp³-hybridized carbons (Fsp3) is 0.800. The molecule has 1 aliphatic carbocycles. The van der Waals surface area contributed by atoms with Gasteiger partial charge in [-0.1, -0.05) is 13.3 Å². The summed E-state index contributed by atoms with van der Waals surface area (Å²) in [5, 5.41) is 24.7. The van der Waals surface area contributed by atoms with E-state index in [4.69, 9.17) is 5.11 Å². The first-order valence-corrected chi connectivity index (χ1v) is 8.22. The summed E-state index contributed by atoms with van der Waals surface area (Å²) in [5.74, 6) is -1.51. The monoisotopic (exact) mass is 327 g/mol. The standard InChI is InChI=1S/C15H25N3O5/c1-2-4-10(12(19)13(20)16-9-6-7-9)17-15(23)18-8-3-5-11(18)14(21)22/h9-12,19H,2-8H2,1H3,(H,16,20)(H,17,23)(H,21,22)/t10?,11-,12?/m0/s1. The Balaban J connectivity index is 1.95. The van der Waals surface area contributed by atoms with Gasteiger partial charge in [-0.05, 0) is 32.1 Å². The number of carboxylic acid groups (broad SMARTS) is 1. The molecule has 8 nitrogen and oxygen atoms in total. The summed E-state index contributed by atoms with van der Waals surface area (Å²) in [7, 11) is 0. The fourth-order valence-electron chi connectivity index (χ4n) is 2.82. The molecule has 0 bridgehead atoms. The van der Waals surface area contributed by atoms with Crippen molar-refractivity contribution in [1.82, 2.24) is 15.5 Å². The molecule has 3 amide bonds. The van der Waals surface area contributed by atoms with Crippen LogP contribution < -0.4 is 10.6 Å². The van der Waals surface area contributed by atoms with Crippen LogP contribution in [0.4, 0.5) is 4.79 Å². The van der Waals surface area contributed by atoms with E-state index in [1.807, 2.05) is 6.92 Å². The van der Waals surface area contributed by atoms with Crippen molar-refractivity contribution < 1.29 is 24.6 Å². The highest BCUT2D eigenvalue weighted by atomic mass is 16.4. The van der Waals surface area contributed by atoms with Crippen LogP contribution in [0.15, 0.2) is 0 Å². The molecular formula is C15H25N3O5. The second-order valence-corrected chi connectivity index (χ2v) is 6.26. The fourth-order valence-corrected chi connectivity index (χ4v) is 2.82. The Morgan fingerprint density at radius 1 is 1.26 bits per heavy atom. The van der Waals surface area contributed by atoms with E-state index in [2.05, 4.69) is 10.6 Å². The first kappa shape index (κ1) is 17.5. The molecule has 23 heavy (non-hydrogen) atoms. The highest BCUT2D eigenvalue weighted by molar-refractivity contribution is 5.85. The number of nitrogens with one attached hydrogen (secondary N) is 2. The van der Waals surface area contributed by atoms with E-state index in [-0.39, 0.29) is 6.04 Å². The second-order valence-electron chi connectivity index (χ2n) is 6.26. The minimum atomic E-state index is -1.33. The maximum absolute atomic E-state index is 12.3. The van der Waals surface area contributed by atoms with Gasteiger partial charge in [-0.3, -0.25) is 4.79 Å². The molecule has 2 rings (SSSR count). The molecule has 0 aromatic carbocycles. The molecule has 0 spiro atoms. The average molecular weight is 327 g/mol. The summed E-state index contributed by atoms with van der Waals surface area (Å²) in [6.45, 7) is 2.26. The molecule has 2 aliphatic rings. The molecule has 0 radical (unpaired) electrons. The van der Waals surface area contributed by atoms with Crippen LogP contribution >= 0.6 is 0 Å². The number of aliphatic carboxylic acids is 1. The lowest BCUT2D eigenvalue weighted by atomic mass is 10.1. The zero-order chi connectivity index (χ0) is 17.0. The third-order valence-electron chi connectivity index (χ3n) is 4.28. The lowest BCUT2D eigenvalue weighted by Gasteiger charge is -2.28. The van der Waals surface area contributed by atoms with Gasteiger partial charge in [0.05, 0.1) is 6.04 Å². The molecule has 0 aromatic rings. The van der Waals surface area contributed by atoms with Gasteiger partial charge >= 0.3 is 12.0 Å². The Kier molecular flexibility index (Phi) is 5.81. The summed E-state index contributed by atoms with van der Waals surface area (Å²) in [5.41, 5.74) is 0. The Labute approximate surface area is 135 Å². The number of nitrogens with zero attached hydrogens (tertiary/aromatic N) is 1. The van der Waals surface area contributed by atoms with Crippen molar-refractivity contribution in [3.05, 3.63) is 0 Å². The van der Waals surface area contributed by atoms with Crippen LogP contribution in [-0.2, 0) is 9.59 Å². The SMILES string of the molecule is CCCC(NC(=O)N1CCC[C@H]1C(=O)O)C(O)C(=O)NC1CC1. The average Bonchev–Trinajstić information content (AvgIpc) is 3.17. The molecule has 1 aliphatic heterocycles. The first-order chi connectivity index (χ1) is 10.9. The van der Waals surface area contributed by atoms with Crippen molar-refractivity contribution in [1.29, 1.82) is 0 Å². The second kappa shape index (κ2) is 7.63. The summed E-state index contributed by atoms with van der Waals surface area (Å²) in [6, 6.07) is -1.97. The van der Waals surface area contributed by atoms with E-state index < -0.39 is 36.1 Å². The molecule has 1 saturated heterocycles. The van der Waals surface area contributed by atoms with E-state index in [9.17, 15) is 19.5 Å². The molecular weight excluding hydrogens is 302 g/mol. The summed E-state index contributed by atoms with van der Waals surface area (Å²) in [4.78, 5) is 36.7. The van der Waals surface area contributed by atoms with E-state index in [0.29, 0.717) is 32.2 Å². The van der Waals surface area contributed by atoms with Crippen molar-refractivity contribution in [2.75, 3.05) is 6.54 Å². The van der Waals surface area contributed by atoms with Gasteiger partial charge in [0.25, 0.3) is 5.91 Å². The quantitative estimate of drug-likeness (QED) is 0.527. The van der Waals surface area contributed by atoms with Crippen molar-refractivity contribution in [3.8, 4) is 0 Å². The third-order valence-corrected chi connectivity index (χ3v) is 4.28. The zero-order valence-corrected chi connectivity index (χ0v) is 13.3. The molecule has 8 heteroatoms. The van der Waals surface area contributed by atoms with E-state index in [1.54, 1.807) is 0 Å². The summed E-state index contributed by atoms with van der Waals surface area (Å²) >= 11 is 0. The Bertz CT molecular complexity index is 466. The predicted molar refractivity (Wildman–Crippen MR) is 81.8 cm³/mol. The van der Waals surface area contributed by atoms with Crippen molar-refractivity contribution in [2.24, 2.45) is 0 Å². The van der Waals surface area contributed by atoms with Gasteiger partial charge in [0, 0.05) is 12.6 Å². The number of hydrogen-bond acceptors (Lipinski definition) is 4. The number of urea groups is 1. The van der Waals surface area contributed by atoms with Crippen LogP contribution in [0.3, 0.4) is 0 Å². The van der Waals surface area contributed by atoms with Gasteiger partial charge in [0.1, 0.15) is 6.04 Å². The third kappa shape index (κ3) is 4.57. The van der Waals surface area contributed by atoms with Crippen molar-refractivity contribution in [3.63, 3.8) is 0 Å². The first-order valence-electron chi connectivity index (χ1n) is 8.22. The van der Waals surface area contributed by atoms with E-state index in [0.717, 1.165) is 12.8 Å². The number of aliphatic hydroxyl groups excluding tert-OH is 1. The van der Waals surface area contributed by atoms with Gasteiger partial charge in [0.15, 0.2) is 6.10 Å². The summed E-state index contributed by atoms with van der Waals surface area (Å²) in [6.07, 6.45) is 2.68. The number of amides is 3. The Morgan fingerprint density at radius 3 is 2.52 bits per heavy atom. The maximum Gasteiger partial charge on any atom is 0.326 e. The number of aliphatic hydroxyl groups is 1. The highest BCUT2D eigenvalue weighted by Crippen LogP contribution is 2.20. The molecule has 2 unspecified atom stereocenters. The topological polar surface area (TPSA) is 119 Å². The molecule has 2 fully saturated rings. The Morgan fingerprint density at radius 2 is 1.96 bits per heavy atom. The summed E-state index contributed by atoms with van der Waals surface area (Å²) < 4.78 is 0. The molecule has 0 aromatic heterocycles. The highest BCUT2D eigenvalue weighted by Gasteiger charge is 2.37. The van der Waals surface area contributed by atoms with E-state index in [1.165, 1.54) is 4.90 Å². The molecule has 3 atom stereocenters. The normalized spacial score (nSPS) is 23.2. The molecule has 130 valence electrons. The minimum absolute atomic E-state index is 0.130. The smallest absolute Gasteiger partial charge is 0.326 e. The van der Waals surface area contributed by atoms with Gasteiger partial charge in [-0.2, -0.15) is 0 Å². The number of carbonyl (C=O) groups excluding carboxylic acids is 2. The number of hydrogen-bond donors (Lipinski definition) is 4. The van der Waals surface area contributed by atoms with Gasteiger partial charge in [0.2, 0.25) is 0 Å². The van der Waals surface area contributed by atoms with Crippen LogP contribution in [0.2, 0.25) is 0 Å². The number of rotatable bonds is 7. The van der Waals surface area contributed by atoms with Crippen LogP contribution in [0.1, 0.15) is 45.4 Å². The van der Waals surface area contributed by atoms with Gasteiger partial charge < -0.3 is 25.7 Å². The molecule has 1 saturated carbocycles. The lowest BCUT2D eigenvalue weighted by Crippen LogP contribution is -2.55. The largest absolute Gasteiger partial charge is 0.480 e. The minimum Gasteiger partial charge on any atom is -0.480 e. The van der Waals surface area contributed by atoms with Gasteiger partial charge in [-0.25, -0.2) is 9.59 Å². The van der Waals surface area contributed by atoms with Crippen LogP contribution in [-0.4, -0.2) is 63.8 Å². The maximum atomic E-state index is 12.3. The molecule has 1 heterocycles. The molecule has 4 N–H and O–H groups in total. The van der Waals surface area contributed by atoms with Crippen LogP contribution in [0.5, 0.6) is 0 Å². The van der Waals surface area contributed by atoms with Crippen LogP contribution in [0, 0.1) is 0 Å². The lowest BCUT2D eigenvalue weighted by molar-refractivity contribution is -0.141. The zero-order valence-electron chi connectivity index (χ0n) is 13.3. The predicted octanol–water partition coefficient (Wildman–Crippen LogP) is 0.0532. The number of carbonyl (C=O) groups is 3.